The maximum atomic E-state index is 13.0. The lowest BCUT2D eigenvalue weighted by Crippen LogP contribution is -2.11. The zero-order chi connectivity index (χ0) is 16.7. The molecule has 0 fully saturated rings. The Morgan fingerprint density at radius 1 is 1.00 bits per heavy atom. The van der Waals surface area contributed by atoms with Crippen molar-refractivity contribution in [3.8, 4) is 11.3 Å². The number of aromatic nitrogens is 3. The van der Waals surface area contributed by atoms with Gasteiger partial charge >= 0.3 is 0 Å². The molecule has 0 saturated carbocycles. The van der Waals surface area contributed by atoms with E-state index >= 15 is 0 Å². The molecule has 4 rings (SSSR count). The second-order valence-electron chi connectivity index (χ2n) is 5.36. The van der Waals surface area contributed by atoms with Gasteiger partial charge in [-0.3, -0.25) is 0 Å². The number of fused-ring (bicyclic) bond motifs is 1. The minimum absolute atomic E-state index is 0.237. The minimum Gasteiger partial charge on any atom is -0.369 e. The Bertz CT molecular complexity index is 1130. The highest BCUT2D eigenvalue weighted by Gasteiger charge is 2.21. The molecule has 0 saturated heterocycles. The second kappa shape index (κ2) is 5.24. The Hall–Kier alpha value is -3.06. The normalized spacial score (nSPS) is 11.8. The van der Waals surface area contributed by atoms with E-state index in [0.717, 1.165) is 10.9 Å². The lowest BCUT2D eigenvalue weighted by Gasteiger charge is -2.07. The SMILES string of the molecule is Nc1ncc(-c2cn(S(=O)(=O)c3ccccc3)c3ccccc23)[nH]1. The quantitative estimate of drug-likeness (QED) is 0.600. The molecule has 0 spiro atoms. The van der Waals surface area contributed by atoms with Gasteiger partial charge in [-0.25, -0.2) is 17.4 Å². The second-order valence-corrected chi connectivity index (χ2v) is 7.17. The lowest BCUT2D eigenvalue weighted by atomic mass is 10.1. The summed E-state index contributed by atoms with van der Waals surface area (Å²) in [6.45, 7) is 0. The van der Waals surface area contributed by atoms with Crippen LogP contribution < -0.4 is 5.73 Å². The van der Waals surface area contributed by atoms with Crippen LogP contribution in [-0.2, 0) is 10.0 Å². The van der Waals surface area contributed by atoms with E-state index < -0.39 is 10.0 Å². The molecule has 7 heteroatoms. The molecule has 0 unspecified atom stereocenters. The van der Waals surface area contributed by atoms with Gasteiger partial charge in [-0.1, -0.05) is 36.4 Å². The molecule has 24 heavy (non-hydrogen) atoms. The van der Waals surface area contributed by atoms with Crippen LogP contribution in [0.1, 0.15) is 0 Å². The molecule has 120 valence electrons. The highest BCUT2D eigenvalue weighted by molar-refractivity contribution is 7.90. The summed E-state index contributed by atoms with van der Waals surface area (Å²) in [4.78, 5) is 7.18. The van der Waals surface area contributed by atoms with Gasteiger partial charge in [0.15, 0.2) is 5.95 Å². The summed E-state index contributed by atoms with van der Waals surface area (Å²) in [5.74, 6) is 0.285. The van der Waals surface area contributed by atoms with Crippen LogP contribution >= 0.6 is 0 Å². The number of hydrogen-bond donors (Lipinski definition) is 2. The smallest absolute Gasteiger partial charge is 0.268 e. The number of nitrogens with zero attached hydrogens (tertiary/aromatic N) is 2. The van der Waals surface area contributed by atoms with Crippen molar-refractivity contribution in [1.29, 1.82) is 0 Å². The summed E-state index contributed by atoms with van der Waals surface area (Å²) in [6.07, 6.45) is 3.19. The van der Waals surface area contributed by atoms with Crippen molar-refractivity contribution in [3.05, 3.63) is 67.0 Å². The van der Waals surface area contributed by atoms with Gasteiger partial charge < -0.3 is 10.7 Å². The summed E-state index contributed by atoms with van der Waals surface area (Å²) in [6, 6.07) is 15.7. The Morgan fingerprint density at radius 3 is 2.42 bits per heavy atom. The van der Waals surface area contributed by atoms with Crippen molar-refractivity contribution >= 4 is 26.9 Å². The molecular weight excluding hydrogens is 324 g/mol. The van der Waals surface area contributed by atoms with Crippen LogP contribution in [-0.4, -0.2) is 22.4 Å². The zero-order valence-corrected chi connectivity index (χ0v) is 13.4. The third-order valence-electron chi connectivity index (χ3n) is 3.86. The van der Waals surface area contributed by atoms with Gasteiger partial charge in [-0.05, 0) is 18.2 Å². The topological polar surface area (TPSA) is 93.8 Å². The predicted octanol–water partition coefficient (Wildman–Crippen LogP) is 2.85. The Morgan fingerprint density at radius 2 is 1.71 bits per heavy atom. The van der Waals surface area contributed by atoms with Crippen molar-refractivity contribution < 1.29 is 8.42 Å². The van der Waals surface area contributed by atoms with Gasteiger partial charge in [-0.2, -0.15) is 0 Å². The van der Waals surface area contributed by atoms with Crippen molar-refractivity contribution in [2.24, 2.45) is 0 Å². The first-order valence-corrected chi connectivity index (χ1v) is 8.73. The van der Waals surface area contributed by atoms with Crippen LogP contribution in [0.2, 0.25) is 0 Å². The molecule has 0 aliphatic heterocycles. The molecule has 2 aromatic carbocycles. The molecule has 2 heterocycles. The van der Waals surface area contributed by atoms with Gasteiger partial charge in [0, 0.05) is 17.1 Å². The standard InChI is InChI=1S/C17H14N4O2S/c18-17-19-10-15(20-17)14-11-21(16-9-5-4-8-13(14)16)24(22,23)12-6-2-1-3-7-12/h1-11H,(H3,18,19,20). The molecule has 0 bridgehead atoms. The third-order valence-corrected chi connectivity index (χ3v) is 5.55. The molecule has 0 aliphatic rings. The maximum Gasteiger partial charge on any atom is 0.268 e. The van der Waals surface area contributed by atoms with Crippen LogP contribution in [0.15, 0.2) is 71.9 Å². The molecule has 0 atom stereocenters. The van der Waals surface area contributed by atoms with Crippen LogP contribution in [0.25, 0.3) is 22.2 Å². The van der Waals surface area contributed by atoms with Crippen LogP contribution in [0.5, 0.6) is 0 Å². The molecule has 3 N–H and O–H groups in total. The maximum absolute atomic E-state index is 13.0. The molecule has 0 aliphatic carbocycles. The lowest BCUT2D eigenvalue weighted by molar-refractivity contribution is 0.589. The molecule has 6 nitrogen and oxygen atoms in total. The third kappa shape index (κ3) is 2.17. The van der Waals surface area contributed by atoms with Crippen LogP contribution in [0.4, 0.5) is 5.95 Å². The van der Waals surface area contributed by atoms with Gasteiger partial charge in [0.25, 0.3) is 10.0 Å². The van der Waals surface area contributed by atoms with E-state index in [1.807, 2.05) is 18.2 Å². The molecule has 4 aromatic rings. The number of nitrogen functional groups attached to an aromatic ring is 1. The van der Waals surface area contributed by atoms with E-state index in [9.17, 15) is 8.42 Å². The highest BCUT2D eigenvalue weighted by atomic mass is 32.2. The number of H-pyrrole nitrogens is 1. The van der Waals surface area contributed by atoms with Gasteiger partial charge in [-0.15, -0.1) is 0 Å². The first kappa shape index (κ1) is 14.5. The summed E-state index contributed by atoms with van der Waals surface area (Å²) in [5.41, 5.74) is 7.66. The van der Waals surface area contributed by atoms with Gasteiger partial charge in [0.2, 0.25) is 0 Å². The predicted molar refractivity (Wildman–Crippen MR) is 93.0 cm³/mol. The van der Waals surface area contributed by atoms with E-state index in [2.05, 4.69) is 9.97 Å². The van der Waals surface area contributed by atoms with Crippen molar-refractivity contribution in [3.63, 3.8) is 0 Å². The number of nitrogens with one attached hydrogen (secondary N) is 1. The number of nitrogens with two attached hydrogens (primary N) is 1. The fourth-order valence-corrected chi connectivity index (χ4v) is 4.13. The molecule has 0 radical (unpaired) electrons. The Kier molecular flexibility index (Phi) is 3.17. The minimum atomic E-state index is -3.69. The van der Waals surface area contributed by atoms with E-state index in [-0.39, 0.29) is 10.8 Å². The van der Waals surface area contributed by atoms with E-state index in [1.54, 1.807) is 48.8 Å². The summed E-state index contributed by atoms with van der Waals surface area (Å²) in [7, 11) is -3.69. The highest BCUT2D eigenvalue weighted by Crippen LogP contribution is 2.32. The first-order chi connectivity index (χ1) is 11.6. The van der Waals surface area contributed by atoms with Crippen molar-refractivity contribution in [1.82, 2.24) is 13.9 Å². The fraction of sp³-hybridized carbons (Fsp3) is 0. The number of hydrogen-bond acceptors (Lipinski definition) is 4. The van der Waals surface area contributed by atoms with Gasteiger partial charge in [0.05, 0.1) is 22.3 Å². The number of benzene rings is 2. The zero-order valence-electron chi connectivity index (χ0n) is 12.5. The monoisotopic (exact) mass is 338 g/mol. The number of anilines is 1. The van der Waals surface area contributed by atoms with E-state index in [1.165, 1.54) is 3.97 Å². The molecule has 0 amide bonds. The molecule has 2 aromatic heterocycles. The summed E-state index contributed by atoms with van der Waals surface area (Å²) in [5, 5.41) is 0.806. The number of aromatic amines is 1. The average molecular weight is 338 g/mol. The summed E-state index contributed by atoms with van der Waals surface area (Å²) < 4.78 is 27.3. The first-order valence-electron chi connectivity index (χ1n) is 7.29. The summed E-state index contributed by atoms with van der Waals surface area (Å²) >= 11 is 0. The molecular formula is C17H14N4O2S. The van der Waals surface area contributed by atoms with Crippen molar-refractivity contribution in [2.45, 2.75) is 4.90 Å². The van der Waals surface area contributed by atoms with E-state index in [0.29, 0.717) is 11.2 Å². The number of para-hydroxylation sites is 1. The van der Waals surface area contributed by atoms with E-state index in [4.69, 9.17) is 5.73 Å². The van der Waals surface area contributed by atoms with Gasteiger partial charge in [0.1, 0.15) is 0 Å². The Balaban J connectivity index is 2.01. The van der Waals surface area contributed by atoms with Crippen LogP contribution in [0, 0.1) is 0 Å². The number of rotatable bonds is 3. The fourth-order valence-electron chi connectivity index (χ4n) is 2.74. The average Bonchev–Trinajstić information content (AvgIpc) is 3.19. The van der Waals surface area contributed by atoms with Crippen molar-refractivity contribution in [2.75, 3.05) is 5.73 Å². The number of imidazole rings is 1. The Labute approximate surface area is 138 Å². The largest absolute Gasteiger partial charge is 0.369 e. The van der Waals surface area contributed by atoms with Crippen LogP contribution in [0.3, 0.4) is 0 Å².